The molecule has 4 nitrogen and oxygen atoms in total. The molecule has 0 radical (unpaired) electrons. The van der Waals surface area contributed by atoms with Gasteiger partial charge in [-0.25, -0.2) is 4.90 Å². The van der Waals surface area contributed by atoms with Gasteiger partial charge in [-0.05, 0) is 24.3 Å². The summed E-state index contributed by atoms with van der Waals surface area (Å²) in [5.41, 5.74) is 2.69. The number of carbonyl (C=O) groups is 2. The van der Waals surface area contributed by atoms with Crippen LogP contribution in [0.4, 0.5) is 5.69 Å². The fraction of sp³-hybridized carbons (Fsp3) is 0.125. The molecule has 0 aromatic heterocycles. The summed E-state index contributed by atoms with van der Waals surface area (Å²) in [5.74, 6) is -0.546. The van der Waals surface area contributed by atoms with Crippen molar-refractivity contribution in [1.29, 1.82) is 0 Å². The number of rotatable bonds is 0. The Morgan fingerprint density at radius 2 is 1.71 bits per heavy atom. The molecule has 0 N–H and O–H groups in total. The molecule has 2 aliphatic rings. The SMILES string of the molecule is CN1c2ccc(Cl)cc2C(=O)N2C(=O)c3ccccc3[C@@H]21. The Morgan fingerprint density at radius 3 is 2.52 bits per heavy atom. The smallest absolute Gasteiger partial charge is 0.264 e. The molecular weight excluding hydrogens is 288 g/mol. The largest absolute Gasteiger partial charge is 0.349 e. The van der Waals surface area contributed by atoms with Crippen LogP contribution < -0.4 is 4.90 Å². The molecule has 0 saturated carbocycles. The predicted molar refractivity (Wildman–Crippen MR) is 79.5 cm³/mol. The quantitative estimate of drug-likeness (QED) is 0.702. The molecule has 1 atom stereocenters. The lowest BCUT2D eigenvalue weighted by Crippen LogP contribution is -2.46. The first-order chi connectivity index (χ1) is 10.1. The van der Waals surface area contributed by atoms with Crippen LogP contribution in [0.2, 0.25) is 5.02 Å². The second-order valence-electron chi connectivity index (χ2n) is 5.21. The molecular formula is C16H11ClN2O2. The van der Waals surface area contributed by atoms with E-state index in [1.54, 1.807) is 18.2 Å². The van der Waals surface area contributed by atoms with Gasteiger partial charge in [0.1, 0.15) is 6.17 Å². The van der Waals surface area contributed by atoms with Crippen molar-refractivity contribution in [2.75, 3.05) is 11.9 Å². The number of imide groups is 1. The average Bonchev–Trinajstić information content (AvgIpc) is 2.79. The Morgan fingerprint density at radius 1 is 1.00 bits per heavy atom. The maximum Gasteiger partial charge on any atom is 0.264 e. The zero-order valence-electron chi connectivity index (χ0n) is 11.2. The number of hydrogen-bond acceptors (Lipinski definition) is 3. The van der Waals surface area contributed by atoms with Crippen molar-refractivity contribution >= 4 is 29.1 Å². The third-order valence-corrected chi connectivity index (χ3v) is 4.32. The second-order valence-corrected chi connectivity index (χ2v) is 5.65. The summed E-state index contributed by atoms with van der Waals surface area (Å²) in [7, 11) is 1.88. The van der Waals surface area contributed by atoms with Crippen LogP contribution in [0.15, 0.2) is 42.5 Å². The van der Waals surface area contributed by atoms with Gasteiger partial charge >= 0.3 is 0 Å². The molecule has 2 heterocycles. The van der Waals surface area contributed by atoms with Crippen LogP contribution >= 0.6 is 11.6 Å². The molecule has 0 unspecified atom stereocenters. The van der Waals surface area contributed by atoms with Gasteiger partial charge in [-0.3, -0.25) is 9.59 Å². The molecule has 5 heteroatoms. The third kappa shape index (κ3) is 1.51. The van der Waals surface area contributed by atoms with E-state index >= 15 is 0 Å². The van der Waals surface area contributed by atoms with Crippen molar-refractivity contribution in [2.45, 2.75) is 6.17 Å². The summed E-state index contributed by atoms with van der Waals surface area (Å²) in [5, 5.41) is 0.484. The Labute approximate surface area is 126 Å². The van der Waals surface area contributed by atoms with Gasteiger partial charge in [-0.2, -0.15) is 0 Å². The second kappa shape index (κ2) is 4.09. The highest BCUT2D eigenvalue weighted by Crippen LogP contribution is 2.44. The van der Waals surface area contributed by atoms with Gasteiger partial charge in [0.2, 0.25) is 0 Å². The fourth-order valence-electron chi connectivity index (χ4n) is 3.13. The number of carbonyl (C=O) groups excluding carboxylic acids is 2. The zero-order chi connectivity index (χ0) is 14.7. The minimum Gasteiger partial charge on any atom is -0.349 e. The van der Waals surface area contributed by atoms with Crippen molar-refractivity contribution in [1.82, 2.24) is 4.90 Å². The van der Waals surface area contributed by atoms with Crippen LogP contribution in [-0.4, -0.2) is 23.8 Å². The molecule has 0 fully saturated rings. The molecule has 2 aromatic carbocycles. The Balaban J connectivity index is 1.97. The lowest BCUT2D eigenvalue weighted by molar-refractivity contribution is 0.0564. The van der Waals surface area contributed by atoms with E-state index in [0.29, 0.717) is 16.1 Å². The summed E-state index contributed by atoms with van der Waals surface area (Å²) in [6, 6.07) is 12.5. The van der Waals surface area contributed by atoms with Crippen LogP contribution in [0.25, 0.3) is 0 Å². The van der Waals surface area contributed by atoms with E-state index in [2.05, 4.69) is 0 Å². The highest BCUT2D eigenvalue weighted by Gasteiger charge is 2.47. The average molecular weight is 299 g/mol. The van der Waals surface area contributed by atoms with E-state index in [1.165, 1.54) is 4.90 Å². The zero-order valence-corrected chi connectivity index (χ0v) is 12.0. The molecule has 0 aliphatic carbocycles. The normalized spacial score (nSPS) is 19.4. The third-order valence-electron chi connectivity index (χ3n) is 4.09. The molecule has 0 spiro atoms. The highest BCUT2D eigenvalue weighted by molar-refractivity contribution is 6.31. The Hall–Kier alpha value is -2.33. The predicted octanol–water partition coefficient (Wildman–Crippen LogP) is 3.08. The molecule has 104 valence electrons. The number of nitrogens with zero attached hydrogens (tertiary/aromatic N) is 2. The first-order valence-corrected chi connectivity index (χ1v) is 6.96. The van der Waals surface area contributed by atoms with E-state index in [0.717, 1.165) is 11.3 Å². The number of amides is 2. The number of hydrogen-bond donors (Lipinski definition) is 0. The van der Waals surface area contributed by atoms with Crippen molar-refractivity contribution < 1.29 is 9.59 Å². The molecule has 2 aromatic rings. The molecule has 2 aliphatic heterocycles. The number of benzene rings is 2. The van der Waals surface area contributed by atoms with Crippen molar-refractivity contribution in [2.24, 2.45) is 0 Å². The summed E-state index contributed by atoms with van der Waals surface area (Å²) in [6.07, 6.45) is -0.380. The summed E-state index contributed by atoms with van der Waals surface area (Å²) < 4.78 is 0. The van der Waals surface area contributed by atoms with Crippen molar-refractivity contribution in [3.05, 3.63) is 64.2 Å². The van der Waals surface area contributed by atoms with Crippen LogP contribution in [0, 0.1) is 0 Å². The first kappa shape index (κ1) is 12.4. The first-order valence-electron chi connectivity index (χ1n) is 6.59. The summed E-state index contributed by atoms with van der Waals surface area (Å²) >= 11 is 5.98. The van der Waals surface area contributed by atoms with Crippen LogP contribution in [0.1, 0.15) is 32.4 Å². The minimum atomic E-state index is -0.380. The Bertz CT molecular complexity index is 803. The number of halogens is 1. The minimum absolute atomic E-state index is 0.252. The molecule has 4 rings (SSSR count). The standard InChI is InChI=1S/C16H11ClN2O2/c1-18-13-7-6-9(17)8-12(13)16(21)19-14(18)10-4-2-3-5-11(10)15(19)20/h2-8,14H,1H3/t14-/m1/s1. The lowest BCUT2D eigenvalue weighted by atomic mass is 10.0. The number of anilines is 1. The van der Waals surface area contributed by atoms with E-state index in [9.17, 15) is 9.59 Å². The lowest BCUT2D eigenvalue weighted by Gasteiger charge is -2.39. The van der Waals surface area contributed by atoms with E-state index in [1.807, 2.05) is 36.2 Å². The van der Waals surface area contributed by atoms with Crippen LogP contribution in [0.5, 0.6) is 0 Å². The molecule has 2 amide bonds. The summed E-state index contributed by atoms with van der Waals surface area (Å²) in [6.45, 7) is 0. The molecule has 0 bridgehead atoms. The maximum absolute atomic E-state index is 12.7. The van der Waals surface area contributed by atoms with E-state index < -0.39 is 0 Å². The highest BCUT2D eigenvalue weighted by atomic mass is 35.5. The van der Waals surface area contributed by atoms with E-state index in [4.69, 9.17) is 11.6 Å². The van der Waals surface area contributed by atoms with Gasteiger partial charge in [-0.1, -0.05) is 29.8 Å². The van der Waals surface area contributed by atoms with Gasteiger partial charge in [0.15, 0.2) is 0 Å². The Kier molecular flexibility index (Phi) is 2.41. The number of fused-ring (bicyclic) bond motifs is 4. The van der Waals surface area contributed by atoms with Gasteiger partial charge < -0.3 is 4.90 Å². The molecule has 21 heavy (non-hydrogen) atoms. The van der Waals surface area contributed by atoms with Crippen molar-refractivity contribution in [3.63, 3.8) is 0 Å². The topological polar surface area (TPSA) is 40.6 Å². The van der Waals surface area contributed by atoms with Crippen LogP contribution in [-0.2, 0) is 0 Å². The fourth-order valence-corrected chi connectivity index (χ4v) is 3.30. The van der Waals surface area contributed by atoms with Gasteiger partial charge in [0.05, 0.1) is 11.3 Å². The monoisotopic (exact) mass is 298 g/mol. The van der Waals surface area contributed by atoms with Gasteiger partial charge in [0, 0.05) is 23.2 Å². The maximum atomic E-state index is 12.7. The summed E-state index contributed by atoms with van der Waals surface area (Å²) in [4.78, 5) is 28.5. The van der Waals surface area contributed by atoms with E-state index in [-0.39, 0.29) is 18.0 Å². The van der Waals surface area contributed by atoms with Crippen molar-refractivity contribution in [3.8, 4) is 0 Å². The van der Waals surface area contributed by atoms with Crippen LogP contribution in [0.3, 0.4) is 0 Å². The molecule has 0 saturated heterocycles. The van der Waals surface area contributed by atoms with Gasteiger partial charge in [-0.15, -0.1) is 0 Å². The van der Waals surface area contributed by atoms with Gasteiger partial charge in [0.25, 0.3) is 11.8 Å².